The van der Waals surface area contributed by atoms with Gasteiger partial charge in [-0.15, -0.1) is 0 Å². The number of para-hydroxylation sites is 1. The summed E-state index contributed by atoms with van der Waals surface area (Å²) in [6.07, 6.45) is 4.15. The molecular formula is C26H35N5O2S. The molecule has 1 aromatic heterocycles. The minimum atomic E-state index is -3.44. The van der Waals surface area contributed by atoms with Gasteiger partial charge in [0, 0.05) is 24.0 Å². The molecule has 8 heteroatoms. The minimum Gasteiger partial charge on any atom is -0.365 e. The van der Waals surface area contributed by atoms with Gasteiger partial charge in [-0.05, 0) is 82.6 Å². The first-order chi connectivity index (χ1) is 16.2. The van der Waals surface area contributed by atoms with E-state index in [1.165, 1.54) is 0 Å². The molecule has 182 valence electrons. The lowest BCUT2D eigenvalue weighted by Crippen LogP contribution is -2.32. The highest BCUT2D eigenvalue weighted by Gasteiger charge is 2.23. The number of nitrogens with zero attached hydrogens (tertiary/aromatic N) is 2. The molecular weight excluding hydrogens is 446 g/mol. The fourth-order valence-corrected chi connectivity index (χ4v) is 5.53. The predicted molar refractivity (Wildman–Crippen MR) is 138 cm³/mol. The third kappa shape index (κ3) is 6.45. The Bertz CT molecular complexity index is 1200. The van der Waals surface area contributed by atoms with Crippen LogP contribution in [0, 0.1) is 11.8 Å². The maximum atomic E-state index is 12.5. The molecule has 4 rings (SSSR count). The molecule has 7 nitrogen and oxygen atoms in total. The van der Waals surface area contributed by atoms with Crippen LogP contribution in [0.15, 0.2) is 59.5 Å². The Morgan fingerprint density at radius 3 is 2.15 bits per heavy atom. The maximum absolute atomic E-state index is 12.5. The molecule has 1 fully saturated rings. The Hall–Kier alpha value is -2.71. The van der Waals surface area contributed by atoms with Crippen LogP contribution < -0.4 is 15.4 Å². The highest BCUT2D eigenvalue weighted by atomic mass is 32.2. The topological polar surface area (TPSA) is 96.0 Å². The van der Waals surface area contributed by atoms with Crippen molar-refractivity contribution in [3.63, 3.8) is 0 Å². The van der Waals surface area contributed by atoms with E-state index in [9.17, 15) is 8.42 Å². The molecule has 0 radical (unpaired) electrons. The summed E-state index contributed by atoms with van der Waals surface area (Å²) in [7, 11) is -3.44. The third-order valence-electron chi connectivity index (χ3n) is 6.23. The number of hydrogen-bond acceptors (Lipinski definition) is 6. The summed E-state index contributed by atoms with van der Waals surface area (Å²) < 4.78 is 27.7. The van der Waals surface area contributed by atoms with Gasteiger partial charge in [-0.1, -0.05) is 30.3 Å². The zero-order valence-electron chi connectivity index (χ0n) is 20.2. The van der Waals surface area contributed by atoms with E-state index in [-0.39, 0.29) is 5.54 Å². The van der Waals surface area contributed by atoms with E-state index in [4.69, 9.17) is 9.97 Å². The van der Waals surface area contributed by atoms with Crippen LogP contribution in [0.2, 0.25) is 0 Å². The van der Waals surface area contributed by atoms with Crippen molar-refractivity contribution in [1.29, 1.82) is 0 Å². The molecule has 3 aromatic rings. The quantitative estimate of drug-likeness (QED) is 0.417. The van der Waals surface area contributed by atoms with Gasteiger partial charge >= 0.3 is 0 Å². The molecule has 0 amide bonds. The van der Waals surface area contributed by atoms with Gasteiger partial charge in [-0.25, -0.2) is 18.1 Å². The number of hydrogen-bond donors (Lipinski definition) is 3. The van der Waals surface area contributed by atoms with Crippen molar-refractivity contribution in [2.75, 3.05) is 23.7 Å². The molecule has 0 bridgehead atoms. The monoisotopic (exact) mass is 481 g/mol. The third-order valence-corrected chi connectivity index (χ3v) is 7.67. The van der Waals surface area contributed by atoms with E-state index < -0.39 is 10.0 Å². The van der Waals surface area contributed by atoms with Crippen LogP contribution >= 0.6 is 0 Å². The lowest BCUT2D eigenvalue weighted by atomic mass is 9.82. The molecule has 0 aliphatic heterocycles. The highest BCUT2D eigenvalue weighted by molar-refractivity contribution is 7.89. The van der Waals surface area contributed by atoms with E-state index in [1.807, 2.05) is 30.3 Å². The second kappa shape index (κ2) is 10.3. The number of anilines is 2. The number of sulfonamides is 1. The zero-order chi connectivity index (χ0) is 24.2. The Kier molecular flexibility index (Phi) is 7.38. The summed E-state index contributed by atoms with van der Waals surface area (Å²) in [5.74, 6) is 2.38. The Morgan fingerprint density at radius 2 is 1.47 bits per heavy atom. The van der Waals surface area contributed by atoms with Crippen LogP contribution in [0.25, 0.3) is 10.9 Å². The van der Waals surface area contributed by atoms with Gasteiger partial charge in [-0.2, -0.15) is 4.98 Å². The Labute approximate surface area is 202 Å². The molecule has 2 aromatic carbocycles. The van der Waals surface area contributed by atoms with Crippen LogP contribution in [0.1, 0.15) is 46.5 Å². The van der Waals surface area contributed by atoms with Crippen molar-refractivity contribution in [1.82, 2.24) is 14.7 Å². The number of benzene rings is 2. The molecule has 3 N–H and O–H groups in total. The van der Waals surface area contributed by atoms with Gasteiger partial charge < -0.3 is 10.6 Å². The molecule has 1 aliphatic rings. The molecule has 1 heterocycles. The molecule has 0 saturated heterocycles. The smallest absolute Gasteiger partial charge is 0.240 e. The first kappa shape index (κ1) is 24.4. The fraction of sp³-hybridized carbons (Fsp3) is 0.462. The van der Waals surface area contributed by atoms with Gasteiger partial charge in [0.25, 0.3) is 0 Å². The van der Waals surface area contributed by atoms with Gasteiger partial charge in [0.15, 0.2) is 0 Å². The molecule has 0 spiro atoms. The Morgan fingerprint density at radius 1 is 0.853 bits per heavy atom. The standard InChI is InChI=1S/C26H35N5O2S/c1-26(2,3)31-24-22-11-7-8-12-23(22)29-25(30-24)27-17-19-13-15-20(16-14-19)18-28-34(32,33)21-9-5-4-6-10-21/h4-12,19-20,28H,13-18H2,1-3H3,(H2,27,29,30,31)/t19-,20-. The Balaban J connectivity index is 1.30. The summed E-state index contributed by atoms with van der Waals surface area (Å²) >= 11 is 0. The predicted octanol–water partition coefficient (Wildman–Crippen LogP) is 5.04. The van der Waals surface area contributed by atoms with E-state index in [0.717, 1.165) is 48.9 Å². The van der Waals surface area contributed by atoms with Crippen molar-refractivity contribution >= 4 is 32.7 Å². The normalized spacial score (nSPS) is 19.1. The minimum absolute atomic E-state index is 0.102. The van der Waals surface area contributed by atoms with Crippen LogP contribution in [0.3, 0.4) is 0 Å². The molecule has 0 unspecified atom stereocenters. The van der Waals surface area contributed by atoms with Crippen molar-refractivity contribution in [3.8, 4) is 0 Å². The zero-order valence-corrected chi connectivity index (χ0v) is 21.0. The fourth-order valence-electron chi connectivity index (χ4n) is 4.39. The molecule has 1 aliphatic carbocycles. The number of aromatic nitrogens is 2. The van der Waals surface area contributed by atoms with E-state index >= 15 is 0 Å². The number of rotatable bonds is 8. The van der Waals surface area contributed by atoms with E-state index in [1.54, 1.807) is 24.3 Å². The van der Waals surface area contributed by atoms with Crippen molar-refractivity contribution in [3.05, 3.63) is 54.6 Å². The van der Waals surface area contributed by atoms with Crippen molar-refractivity contribution in [2.45, 2.75) is 56.9 Å². The first-order valence-electron chi connectivity index (χ1n) is 12.0. The number of fused-ring (bicyclic) bond motifs is 1. The second-order valence-electron chi connectivity index (χ2n) is 10.2. The van der Waals surface area contributed by atoms with Crippen LogP contribution in [-0.2, 0) is 10.0 Å². The van der Waals surface area contributed by atoms with E-state index in [2.05, 4.69) is 36.1 Å². The van der Waals surface area contributed by atoms with Crippen molar-refractivity contribution in [2.24, 2.45) is 11.8 Å². The number of nitrogens with one attached hydrogen (secondary N) is 3. The van der Waals surface area contributed by atoms with E-state index in [0.29, 0.717) is 29.2 Å². The molecule has 34 heavy (non-hydrogen) atoms. The summed E-state index contributed by atoms with van der Waals surface area (Å²) in [4.78, 5) is 9.80. The SMILES string of the molecule is CC(C)(C)Nc1nc(NC[C@H]2CC[C@H](CNS(=O)(=O)c3ccccc3)CC2)nc2ccccc12. The highest BCUT2D eigenvalue weighted by Crippen LogP contribution is 2.29. The van der Waals surface area contributed by atoms with Gasteiger partial charge in [0.1, 0.15) is 5.82 Å². The van der Waals surface area contributed by atoms with Crippen LogP contribution in [0.5, 0.6) is 0 Å². The first-order valence-corrected chi connectivity index (χ1v) is 13.5. The summed E-state index contributed by atoms with van der Waals surface area (Å²) in [6, 6.07) is 16.6. The summed E-state index contributed by atoms with van der Waals surface area (Å²) in [6.45, 7) is 7.67. The summed E-state index contributed by atoms with van der Waals surface area (Å²) in [5, 5.41) is 7.97. The average molecular weight is 482 g/mol. The molecule has 1 saturated carbocycles. The second-order valence-corrected chi connectivity index (χ2v) is 12.0. The summed E-state index contributed by atoms with van der Waals surface area (Å²) in [5.41, 5.74) is 0.815. The van der Waals surface area contributed by atoms with Crippen LogP contribution in [-0.4, -0.2) is 37.0 Å². The average Bonchev–Trinajstić information content (AvgIpc) is 2.82. The van der Waals surface area contributed by atoms with Crippen molar-refractivity contribution < 1.29 is 8.42 Å². The van der Waals surface area contributed by atoms with Gasteiger partial charge in [-0.3, -0.25) is 0 Å². The molecule has 0 atom stereocenters. The lowest BCUT2D eigenvalue weighted by molar-refractivity contribution is 0.284. The lowest BCUT2D eigenvalue weighted by Gasteiger charge is -2.29. The van der Waals surface area contributed by atoms with Gasteiger partial charge in [0.2, 0.25) is 16.0 Å². The largest absolute Gasteiger partial charge is 0.365 e. The van der Waals surface area contributed by atoms with Gasteiger partial charge in [0.05, 0.1) is 10.4 Å². The maximum Gasteiger partial charge on any atom is 0.240 e. The van der Waals surface area contributed by atoms with Crippen LogP contribution in [0.4, 0.5) is 11.8 Å².